The van der Waals surface area contributed by atoms with Crippen molar-refractivity contribution in [2.75, 3.05) is 17.7 Å². The monoisotopic (exact) mass is 349 g/mol. The molecule has 0 saturated heterocycles. The largest absolute Gasteiger partial charge is 0.457 e. The summed E-state index contributed by atoms with van der Waals surface area (Å²) in [5.41, 5.74) is 13.6. The fraction of sp³-hybridized carbons (Fsp3) is 0.429. The number of hydrogen-bond acceptors (Lipinski definition) is 10. The molecule has 0 aromatic carbocycles. The molecule has 2 aromatic rings. The molecule has 0 spiro atoms. The molecule has 2 rings (SSSR count). The number of aromatic nitrogens is 5. The molecule has 0 bridgehead atoms. The second-order valence-electron chi connectivity index (χ2n) is 4.99. The molecule has 0 unspecified atom stereocenters. The fourth-order valence-electron chi connectivity index (χ4n) is 2.13. The number of anilines is 2. The molecule has 0 atom stereocenters. The zero-order valence-corrected chi connectivity index (χ0v) is 14.6. The van der Waals surface area contributed by atoms with Gasteiger partial charge in [0.2, 0.25) is 11.9 Å². The number of aryl methyl sites for hydroxylation is 2. The van der Waals surface area contributed by atoms with Gasteiger partial charge in [-0.05, 0) is 32.1 Å². The first-order valence-corrected chi connectivity index (χ1v) is 8.41. The number of rotatable bonds is 6. The van der Waals surface area contributed by atoms with E-state index in [4.69, 9.17) is 16.2 Å². The van der Waals surface area contributed by atoms with Gasteiger partial charge in [0, 0.05) is 17.8 Å². The van der Waals surface area contributed by atoms with Gasteiger partial charge >= 0.3 is 5.97 Å². The summed E-state index contributed by atoms with van der Waals surface area (Å²) in [7, 11) is 0. The summed E-state index contributed by atoms with van der Waals surface area (Å²) in [6, 6.07) is 0. The van der Waals surface area contributed by atoms with Crippen LogP contribution in [0.5, 0.6) is 0 Å². The number of nitrogens with zero attached hydrogens (tertiary/aromatic N) is 5. The van der Waals surface area contributed by atoms with Gasteiger partial charge in [0.15, 0.2) is 17.6 Å². The standard InChI is InChI=1S/C14H19N7O2S/c1-7-9(8(2)18-14(17-7)24-3)4-5-11(22)23-6-10-19-12(15)21-13(16)20-10/h4-6H2,1-3H3,(H4,15,16,19,20,21). The Hall–Kier alpha value is -2.49. The molecule has 0 aliphatic heterocycles. The van der Waals surface area contributed by atoms with E-state index in [9.17, 15) is 4.79 Å². The van der Waals surface area contributed by atoms with Gasteiger partial charge in [-0.1, -0.05) is 11.8 Å². The SMILES string of the molecule is CSc1nc(C)c(CCC(=O)OCc2nc(N)nc(N)n2)c(C)n1. The van der Waals surface area contributed by atoms with Crippen molar-refractivity contribution in [3.8, 4) is 0 Å². The van der Waals surface area contributed by atoms with Gasteiger partial charge in [0.25, 0.3) is 0 Å². The highest BCUT2D eigenvalue weighted by atomic mass is 32.2. The normalized spacial score (nSPS) is 10.6. The summed E-state index contributed by atoms with van der Waals surface area (Å²) >= 11 is 1.48. The van der Waals surface area contributed by atoms with Crippen molar-refractivity contribution >= 4 is 29.6 Å². The Kier molecular flexibility index (Phi) is 5.85. The molecule has 2 aromatic heterocycles. The van der Waals surface area contributed by atoms with Gasteiger partial charge < -0.3 is 16.2 Å². The third-order valence-corrected chi connectivity index (χ3v) is 3.79. The number of carbonyl (C=O) groups excluding carboxylic acids is 1. The quantitative estimate of drug-likeness (QED) is 0.437. The van der Waals surface area contributed by atoms with E-state index >= 15 is 0 Å². The van der Waals surface area contributed by atoms with Crippen LogP contribution in [0.25, 0.3) is 0 Å². The zero-order chi connectivity index (χ0) is 17.7. The maximum atomic E-state index is 11.9. The molecule has 2 heterocycles. The first-order chi connectivity index (χ1) is 11.4. The highest BCUT2D eigenvalue weighted by Crippen LogP contribution is 2.17. The molecular weight excluding hydrogens is 330 g/mol. The number of nitrogen functional groups attached to an aromatic ring is 2. The minimum atomic E-state index is -0.375. The first-order valence-electron chi connectivity index (χ1n) is 7.18. The van der Waals surface area contributed by atoms with E-state index in [0.717, 1.165) is 22.1 Å². The highest BCUT2D eigenvalue weighted by Gasteiger charge is 2.12. The Morgan fingerprint density at radius 3 is 2.17 bits per heavy atom. The van der Waals surface area contributed by atoms with Crippen molar-refractivity contribution in [2.24, 2.45) is 0 Å². The highest BCUT2D eigenvalue weighted by molar-refractivity contribution is 7.98. The van der Waals surface area contributed by atoms with Crippen LogP contribution in [0.15, 0.2) is 5.16 Å². The van der Waals surface area contributed by atoms with Gasteiger partial charge in [-0.15, -0.1) is 0 Å². The van der Waals surface area contributed by atoms with Crippen LogP contribution in [0.2, 0.25) is 0 Å². The molecule has 128 valence electrons. The molecule has 0 amide bonds. The van der Waals surface area contributed by atoms with Gasteiger partial charge in [0.1, 0.15) is 0 Å². The second-order valence-corrected chi connectivity index (χ2v) is 5.76. The lowest BCUT2D eigenvalue weighted by Gasteiger charge is -2.10. The number of ether oxygens (including phenoxy) is 1. The van der Waals surface area contributed by atoms with Crippen LogP contribution in [-0.4, -0.2) is 37.1 Å². The molecule has 0 saturated carbocycles. The van der Waals surface area contributed by atoms with Crippen LogP contribution in [0.3, 0.4) is 0 Å². The van der Waals surface area contributed by atoms with Gasteiger partial charge in [-0.2, -0.15) is 15.0 Å². The number of carbonyl (C=O) groups is 1. The topological polar surface area (TPSA) is 143 Å². The van der Waals surface area contributed by atoms with Crippen molar-refractivity contribution in [1.82, 2.24) is 24.9 Å². The van der Waals surface area contributed by atoms with E-state index in [1.165, 1.54) is 11.8 Å². The van der Waals surface area contributed by atoms with E-state index in [1.807, 2.05) is 20.1 Å². The van der Waals surface area contributed by atoms with Crippen molar-refractivity contribution < 1.29 is 9.53 Å². The van der Waals surface area contributed by atoms with Crippen molar-refractivity contribution in [1.29, 1.82) is 0 Å². The van der Waals surface area contributed by atoms with E-state index in [-0.39, 0.29) is 36.7 Å². The van der Waals surface area contributed by atoms with Crippen molar-refractivity contribution in [3.05, 3.63) is 22.8 Å². The number of hydrogen-bond donors (Lipinski definition) is 2. The minimum absolute atomic E-state index is 0.00849. The third kappa shape index (κ3) is 4.75. The Morgan fingerprint density at radius 1 is 1.04 bits per heavy atom. The Balaban J connectivity index is 1.92. The van der Waals surface area contributed by atoms with Crippen LogP contribution in [0, 0.1) is 13.8 Å². The second kappa shape index (κ2) is 7.86. The predicted octanol–water partition coefficient (Wildman–Crippen LogP) is 0.841. The van der Waals surface area contributed by atoms with Crippen molar-refractivity contribution in [3.63, 3.8) is 0 Å². The molecule has 10 heteroatoms. The Labute approximate surface area is 143 Å². The molecule has 9 nitrogen and oxygen atoms in total. The lowest BCUT2D eigenvalue weighted by atomic mass is 10.1. The number of nitrogens with two attached hydrogens (primary N) is 2. The van der Waals surface area contributed by atoms with Crippen LogP contribution in [-0.2, 0) is 22.6 Å². The van der Waals surface area contributed by atoms with E-state index in [1.54, 1.807) is 0 Å². The van der Waals surface area contributed by atoms with Gasteiger partial charge in [-0.3, -0.25) is 4.79 Å². The average Bonchev–Trinajstić information content (AvgIpc) is 2.51. The summed E-state index contributed by atoms with van der Waals surface area (Å²) in [5, 5.41) is 0.723. The molecular formula is C14H19N7O2S. The summed E-state index contributed by atoms with van der Waals surface area (Å²) in [5.74, 6) is -0.176. The minimum Gasteiger partial charge on any atom is -0.457 e. The maximum absolute atomic E-state index is 11.9. The zero-order valence-electron chi connectivity index (χ0n) is 13.7. The van der Waals surface area contributed by atoms with Gasteiger partial charge in [-0.25, -0.2) is 9.97 Å². The summed E-state index contributed by atoms with van der Waals surface area (Å²) in [6.07, 6.45) is 2.64. The number of thioether (sulfide) groups is 1. The van der Waals surface area contributed by atoms with Crippen molar-refractivity contribution in [2.45, 2.75) is 38.5 Å². The first kappa shape index (κ1) is 17.9. The van der Waals surface area contributed by atoms with E-state index < -0.39 is 0 Å². The fourth-order valence-corrected chi connectivity index (χ4v) is 2.58. The average molecular weight is 349 g/mol. The molecule has 0 aliphatic rings. The van der Waals surface area contributed by atoms with Crippen LogP contribution >= 0.6 is 11.8 Å². The predicted molar refractivity (Wildman–Crippen MR) is 90.1 cm³/mol. The lowest BCUT2D eigenvalue weighted by molar-refractivity contribution is -0.145. The summed E-state index contributed by atoms with van der Waals surface area (Å²) in [6.45, 7) is 3.71. The summed E-state index contributed by atoms with van der Waals surface area (Å²) in [4.78, 5) is 32.0. The third-order valence-electron chi connectivity index (χ3n) is 3.24. The molecule has 0 aliphatic carbocycles. The van der Waals surface area contributed by atoms with E-state index in [0.29, 0.717) is 6.42 Å². The maximum Gasteiger partial charge on any atom is 0.306 e. The van der Waals surface area contributed by atoms with Crippen LogP contribution in [0.4, 0.5) is 11.9 Å². The number of esters is 1. The molecule has 24 heavy (non-hydrogen) atoms. The Bertz CT molecular complexity index is 711. The summed E-state index contributed by atoms with van der Waals surface area (Å²) < 4.78 is 5.14. The molecule has 0 radical (unpaired) electrons. The lowest BCUT2D eigenvalue weighted by Crippen LogP contribution is -2.12. The smallest absolute Gasteiger partial charge is 0.306 e. The van der Waals surface area contributed by atoms with Gasteiger partial charge in [0.05, 0.1) is 0 Å². The Morgan fingerprint density at radius 2 is 1.62 bits per heavy atom. The molecule has 4 N–H and O–H groups in total. The van der Waals surface area contributed by atoms with Crippen LogP contribution < -0.4 is 11.5 Å². The van der Waals surface area contributed by atoms with Crippen LogP contribution in [0.1, 0.15) is 29.2 Å². The van der Waals surface area contributed by atoms with E-state index in [2.05, 4.69) is 24.9 Å². The molecule has 0 fully saturated rings.